The fourth-order valence-corrected chi connectivity index (χ4v) is 1.08. The third kappa shape index (κ3) is 13.5. The van der Waals surface area contributed by atoms with E-state index in [1.54, 1.807) is 6.08 Å². The molecule has 17 heavy (non-hydrogen) atoms. The van der Waals surface area contributed by atoms with E-state index in [2.05, 4.69) is 13.5 Å². The van der Waals surface area contributed by atoms with Crippen LogP contribution in [0.2, 0.25) is 10.0 Å². The Morgan fingerprint density at radius 3 is 1.76 bits per heavy atom. The number of hydrogen-bond donors (Lipinski definition) is 0. The minimum absolute atomic E-state index is 0.624. The summed E-state index contributed by atoms with van der Waals surface area (Å²) in [5.74, 6) is 0. The van der Waals surface area contributed by atoms with E-state index in [9.17, 15) is 0 Å². The topological polar surface area (TPSA) is 0 Å². The summed E-state index contributed by atoms with van der Waals surface area (Å²) in [6, 6.07) is 5.70. The van der Waals surface area contributed by atoms with E-state index in [0.29, 0.717) is 10.0 Å². The quantitative estimate of drug-likeness (QED) is 0.495. The molecule has 0 amide bonds. The molecule has 0 aliphatic carbocycles. The van der Waals surface area contributed by atoms with Gasteiger partial charge in [-0.25, -0.2) is 0 Å². The van der Waals surface area contributed by atoms with Crippen LogP contribution in [0.25, 0.3) is 0 Å². The third-order valence-corrected chi connectivity index (χ3v) is 2.13. The molecule has 0 unspecified atom stereocenters. The molecule has 0 aliphatic heterocycles. The third-order valence-electron chi connectivity index (χ3n) is 1.39. The monoisotopic (exact) mass is 276 g/mol. The van der Waals surface area contributed by atoms with Gasteiger partial charge in [-0.3, -0.25) is 0 Å². The first-order chi connectivity index (χ1) is 8.15. The van der Waals surface area contributed by atoms with Crippen LogP contribution in [0.15, 0.2) is 30.9 Å². The van der Waals surface area contributed by atoms with Crippen molar-refractivity contribution in [2.24, 2.45) is 0 Å². The molecule has 100 valence electrons. The van der Waals surface area contributed by atoms with Crippen LogP contribution in [0.4, 0.5) is 0 Å². The van der Waals surface area contributed by atoms with Crippen LogP contribution >= 0.6 is 23.2 Å². The van der Waals surface area contributed by atoms with Crippen molar-refractivity contribution in [1.82, 2.24) is 0 Å². The Balaban J connectivity index is -0.000000239. The zero-order valence-electron chi connectivity index (χ0n) is 12.0. The van der Waals surface area contributed by atoms with E-state index in [0.717, 1.165) is 6.42 Å². The minimum atomic E-state index is 0.624. The van der Waals surface area contributed by atoms with Gasteiger partial charge in [-0.15, -0.1) is 6.58 Å². The number of halogens is 2. The van der Waals surface area contributed by atoms with Crippen molar-refractivity contribution in [3.63, 3.8) is 0 Å². The molecule has 0 spiro atoms. The number of benzene rings is 1. The first-order valence-electron chi connectivity index (χ1n) is 6.16. The average Bonchev–Trinajstić information content (AvgIpc) is 2.38. The summed E-state index contributed by atoms with van der Waals surface area (Å²) >= 11 is 11.5. The van der Waals surface area contributed by atoms with Gasteiger partial charge in [-0.2, -0.15) is 0 Å². The van der Waals surface area contributed by atoms with Crippen molar-refractivity contribution in [3.8, 4) is 0 Å². The fourth-order valence-electron chi connectivity index (χ4n) is 0.760. The van der Waals surface area contributed by atoms with E-state index in [-0.39, 0.29) is 0 Å². The summed E-state index contributed by atoms with van der Waals surface area (Å²) < 4.78 is 0. The summed E-state index contributed by atoms with van der Waals surface area (Å²) in [5.41, 5.74) is 1.22. The molecular formula is C15H26Cl2. The molecule has 1 aromatic carbocycles. The normalized spacial score (nSPS) is 7.29. The highest BCUT2D eigenvalue weighted by Gasteiger charge is 1.96. The molecule has 0 saturated carbocycles. The second kappa shape index (κ2) is 17.9. The maximum absolute atomic E-state index is 5.76. The van der Waals surface area contributed by atoms with Crippen LogP contribution in [0.1, 0.15) is 47.1 Å². The van der Waals surface area contributed by atoms with Gasteiger partial charge in [-0.05, 0) is 31.0 Å². The summed E-state index contributed by atoms with van der Waals surface area (Å²) in [6.07, 6.45) is 2.75. The zero-order valence-corrected chi connectivity index (χ0v) is 13.5. The van der Waals surface area contributed by atoms with E-state index >= 15 is 0 Å². The van der Waals surface area contributed by atoms with Gasteiger partial charge in [0.25, 0.3) is 0 Å². The number of allylic oxidation sites excluding steroid dienone is 1. The zero-order chi connectivity index (χ0) is 14.3. The van der Waals surface area contributed by atoms with Crippen LogP contribution in [0, 0.1) is 0 Å². The highest BCUT2D eigenvalue weighted by atomic mass is 35.5. The summed E-state index contributed by atoms with van der Waals surface area (Å²) in [4.78, 5) is 0. The Labute approximate surface area is 118 Å². The predicted octanol–water partition coefficient (Wildman–Crippen LogP) is 6.80. The maximum atomic E-state index is 5.76. The molecule has 2 heteroatoms. The molecule has 0 heterocycles. The Kier molecular flexibility index (Phi) is 23.0. The van der Waals surface area contributed by atoms with Crippen molar-refractivity contribution in [2.45, 2.75) is 48.0 Å². The molecule has 1 rings (SSSR count). The van der Waals surface area contributed by atoms with Gasteiger partial charge >= 0.3 is 0 Å². The molecule has 0 N–H and O–H groups in total. The summed E-state index contributed by atoms with van der Waals surface area (Å²) in [5, 5.41) is 1.26. The molecule has 0 atom stereocenters. The maximum Gasteiger partial charge on any atom is 0.0595 e. The molecule has 0 saturated heterocycles. The molecule has 0 fully saturated rings. The lowest BCUT2D eigenvalue weighted by Crippen LogP contribution is -1.78. The Morgan fingerprint density at radius 1 is 1.06 bits per heavy atom. The van der Waals surface area contributed by atoms with Crippen molar-refractivity contribution in [1.29, 1.82) is 0 Å². The van der Waals surface area contributed by atoms with Crippen molar-refractivity contribution >= 4 is 23.2 Å². The number of aryl methyl sites for hydroxylation is 1. The highest BCUT2D eigenvalue weighted by Crippen LogP contribution is 2.22. The van der Waals surface area contributed by atoms with Gasteiger partial charge in [0.05, 0.1) is 10.0 Å². The number of hydrogen-bond acceptors (Lipinski definition) is 0. The van der Waals surface area contributed by atoms with E-state index in [1.165, 1.54) is 5.56 Å². The smallest absolute Gasteiger partial charge is 0.0595 e. The minimum Gasteiger partial charge on any atom is -0.103 e. The lowest BCUT2D eigenvalue weighted by molar-refractivity contribution is 1.14. The van der Waals surface area contributed by atoms with E-state index < -0.39 is 0 Å². The molecular weight excluding hydrogens is 251 g/mol. The SMILES string of the molecule is C=CC.CC.CC.CCc1ccc(Cl)c(Cl)c1. The predicted molar refractivity (Wildman–Crippen MR) is 84.4 cm³/mol. The van der Waals surface area contributed by atoms with Crippen LogP contribution in [0.5, 0.6) is 0 Å². The molecule has 0 nitrogen and oxygen atoms in total. The van der Waals surface area contributed by atoms with Crippen molar-refractivity contribution < 1.29 is 0 Å². The van der Waals surface area contributed by atoms with E-state index in [1.807, 2.05) is 52.8 Å². The molecule has 0 aliphatic rings. The Morgan fingerprint density at radius 2 is 1.47 bits per heavy atom. The number of rotatable bonds is 1. The lowest BCUT2D eigenvalue weighted by Gasteiger charge is -1.97. The van der Waals surface area contributed by atoms with E-state index in [4.69, 9.17) is 23.2 Å². The van der Waals surface area contributed by atoms with Gasteiger partial charge in [0.15, 0.2) is 0 Å². The molecule has 1 aromatic rings. The molecule has 0 radical (unpaired) electrons. The van der Waals surface area contributed by atoms with Gasteiger partial charge < -0.3 is 0 Å². The standard InChI is InChI=1S/C8H8Cl2.C3H6.2C2H6/c1-2-6-3-4-7(9)8(10)5-6;1-3-2;2*1-2/h3-5H,2H2,1H3;3H,1H2,2H3;2*1-2H3. The van der Waals surface area contributed by atoms with Crippen molar-refractivity contribution in [3.05, 3.63) is 46.5 Å². The first-order valence-corrected chi connectivity index (χ1v) is 6.92. The molecule has 0 bridgehead atoms. The first kappa shape index (κ1) is 21.8. The Hall–Kier alpha value is -0.460. The molecule has 0 aromatic heterocycles. The van der Waals surface area contributed by atoms with Gasteiger partial charge in [0.1, 0.15) is 0 Å². The van der Waals surface area contributed by atoms with Crippen LogP contribution in [-0.4, -0.2) is 0 Å². The fraction of sp³-hybridized carbons (Fsp3) is 0.467. The average molecular weight is 277 g/mol. The van der Waals surface area contributed by atoms with Crippen LogP contribution < -0.4 is 0 Å². The van der Waals surface area contributed by atoms with Crippen molar-refractivity contribution in [2.75, 3.05) is 0 Å². The second-order valence-corrected chi connectivity index (χ2v) is 3.32. The summed E-state index contributed by atoms with van der Waals surface area (Å²) in [6.45, 7) is 15.3. The van der Waals surface area contributed by atoms with Gasteiger partial charge in [0, 0.05) is 0 Å². The lowest BCUT2D eigenvalue weighted by atomic mass is 10.2. The van der Waals surface area contributed by atoms with Crippen LogP contribution in [0.3, 0.4) is 0 Å². The van der Waals surface area contributed by atoms with Crippen LogP contribution in [-0.2, 0) is 6.42 Å². The van der Waals surface area contributed by atoms with Gasteiger partial charge in [-0.1, -0.05) is 70.0 Å². The summed E-state index contributed by atoms with van der Waals surface area (Å²) in [7, 11) is 0. The second-order valence-electron chi connectivity index (χ2n) is 2.51. The Bertz CT molecular complexity index is 268. The highest BCUT2D eigenvalue weighted by molar-refractivity contribution is 6.41. The largest absolute Gasteiger partial charge is 0.103 e. The van der Waals surface area contributed by atoms with Gasteiger partial charge in [0.2, 0.25) is 0 Å².